The number of hydrogen-bond acceptors (Lipinski definition) is 3. The summed E-state index contributed by atoms with van der Waals surface area (Å²) in [5.74, 6) is 1.45. The molecule has 0 fully saturated rings. The van der Waals surface area contributed by atoms with Crippen molar-refractivity contribution in [3.8, 4) is 5.75 Å². The molecule has 29 heavy (non-hydrogen) atoms. The van der Waals surface area contributed by atoms with Crippen LogP contribution in [0.5, 0.6) is 5.75 Å². The van der Waals surface area contributed by atoms with Crippen LogP contribution in [0.25, 0.3) is 0 Å². The number of alkyl halides is 3. The standard InChI is InChI=1S/C20H24F3N3O2.HI/c1-24-19(26-12-16-7-9-18(27-2)10-8-16)25-11-15-3-5-17(6-4-15)13-28-14-20(21,22)23;/h3-10H,11-14H2,1-2H3,(H2,24,25,26);1H. The summed E-state index contributed by atoms with van der Waals surface area (Å²) in [6.07, 6.45) is -4.31. The number of guanidine groups is 1. The zero-order valence-corrected chi connectivity index (χ0v) is 18.6. The van der Waals surface area contributed by atoms with E-state index in [9.17, 15) is 13.2 Å². The van der Waals surface area contributed by atoms with E-state index in [1.807, 2.05) is 36.4 Å². The molecule has 2 aromatic carbocycles. The van der Waals surface area contributed by atoms with Crippen LogP contribution in [0.4, 0.5) is 13.2 Å². The number of nitrogens with zero attached hydrogens (tertiary/aromatic N) is 1. The van der Waals surface area contributed by atoms with Crippen molar-refractivity contribution in [1.82, 2.24) is 10.6 Å². The molecule has 5 nitrogen and oxygen atoms in total. The van der Waals surface area contributed by atoms with Crippen LogP contribution in [-0.2, 0) is 24.4 Å². The monoisotopic (exact) mass is 523 g/mol. The molecule has 0 aliphatic rings. The van der Waals surface area contributed by atoms with E-state index < -0.39 is 12.8 Å². The summed E-state index contributed by atoms with van der Waals surface area (Å²) in [6, 6.07) is 14.9. The minimum Gasteiger partial charge on any atom is -0.497 e. The molecule has 0 aliphatic carbocycles. The second-order valence-corrected chi connectivity index (χ2v) is 6.05. The zero-order valence-electron chi connectivity index (χ0n) is 16.3. The van der Waals surface area contributed by atoms with Gasteiger partial charge in [-0.15, -0.1) is 24.0 Å². The molecule has 0 saturated carbocycles. The first-order valence-electron chi connectivity index (χ1n) is 8.69. The van der Waals surface area contributed by atoms with Crippen LogP contribution in [0.2, 0.25) is 0 Å². The Morgan fingerprint density at radius 1 is 0.897 bits per heavy atom. The molecule has 2 aromatic rings. The number of halogens is 4. The van der Waals surface area contributed by atoms with Gasteiger partial charge < -0.3 is 20.1 Å². The molecule has 0 amide bonds. The fourth-order valence-electron chi connectivity index (χ4n) is 2.37. The molecule has 0 bridgehead atoms. The van der Waals surface area contributed by atoms with E-state index >= 15 is 0 Å². The van der Waals surface area contributed by atoms with Gasteiger partial charge in [0, 0.05) is 20.1 Å². The molecule has 0 aromatic heterocycles. The van der Waals surface area contributed by atoms with Gasteiger partial charge in [0.05, 0.1) is 13.7 Å². The lowest BCUT2D eigenvalue weighted by Gasteiger charge is -2.13. The lowest BCUT2D eigenvalue weighted by atomic mass is 10.1. The largest absolute Gasteiger partial charge is 0.497 e. The summed E-state index contributed by atoms with van der Waals surface area (Å²) in [7, 11) is 3.31. The van der Waals surface area contributed by atoms with E-state index in [0.29, 0.717) is 24.6 Å². The third-order valence-electron chi connectivity index (χ3n) is 3.86. The van der Waals surface area contributed by atoms with Crippen LogP contribution in [0.3, 0.4) is 0 Å². The first-order chi connectivity index (χ1) is 13.4. The minimum absolute atomic E-state index is 0. The highest BCUT2D eigenvalue weighted by Crippen LogP contribution is 2.16. The van der Waals surface area contributed by atoms with Gasteiger partial charge in [0.2, 0.25) is 0 Å². The molecular weight excluding hydrogens is 498 g/mol. The van der Waals surface area contributed by atoms with Gasteiger partial charge in [-0.05, 0) is 28.8 Å². The molecule has 0 spiro atoms. The summed E-state index contributed by atoms with van der Waals surface area (Å²) in [4.78, 5) is 4.18. The summed E-state index contributed by atoms with van der Waals surface area (Å²) in [5.41, 5.74) is 2.76. The van der Waals surface area contributed by atoms with Crippen molar-refractivity contribution < 1.29 is 22.6 Å². The second-order valence-electron chi connectivity index (χ2n) is 6.05. The predicted molar refractivity (Wildman–Crippen MR) is 118 cm³/mol. The second kappa shape index (κ2) is 12.5. The number of ether oxygens (including phenoxy) is 2. The Bertz CT molecular complexity index is 751. The van der Waals surface area contributed by atoms with Crippen LogP contribution < -0.4 is 15.4 Å². The molecule has 2 rings (SSSR count). The number of benzene rings is 2. The van der Waals surface area contributed by atoms with Crippen molar-refractivity contribution in [3.05, 3.63) is 65.2 Å². The maximum Gasteiger partial charge on any atom is 0.411 e. The van der Waals surface area contributed by atoms with E-state index in [1.54, 1.807) is 26.3 Å². The van der Waals surface area contributed by atoms with Crippen LogP contribution >= 0.6 is 24.0 Å². The van der Waals surface area contributed by atoms with Crippen LogP contribution in [0, 0.1) is 0 Å². The van der Waals surface area contributed by atoms with Gasteiger partial charge in [-0.25, -0.2) is 0 Å². The lowest BCUT2D eigenvalue weighted by molar-refractivity contribution is -0.176. The van der Waals surface area contributed by atoms with Gasteiger partial charge in [-0.3, -0.25) is 4.99 Å². The molecule has 0 heterocycles. The Balaban J connectivity index is 0.00000420. The Labute approximate surface area is 185 Å². The van der Waals surface area contributed by atoms with Crippen molar-refractivity contribution in [1.29, 1.82) is 0 Å². The van der Waals surface area contributed by atoms with Gasteiger partial charge >= 0.3 is 6.18 Å². The van der Waals surface area contributed by atoms with Crippen LogP contribution in [0.15, 0.2) is 53.5 Å². The highest BCUT2D eigenvalue weighted by atomic mass is 127. The van der Waals surface area contributed by atoms with Crippen molar-refractivity contribution in [3.63, 3.8) is 0 Å². The smallest absolute Gasteiger partial charge is 0.411 e. The number of aliphatic imine (C=N–C) groups is 1. The van der Waals surface area contributed by atoms with E-state index in [4.69, 9.17) is 4.74 Å². The van der Waals surface area contributed by atoms with Gasteiger partial charge in [-0.1, -0.05) is 36.4 Å². The van der Waals surface area contributed by atoms with Gasteiger partial charge in [0.15, 0.2) is 5.96 Å². The normalized spacial score (nSPS) is 11.6. The number of rotatable bonds is 8. The van der Waals surface area contributed by atoms with Crippen molar-refractivity contribution in [2.24, 2.45) is 4.99 Å². The predicted octanol–water partition coefficient (Wildman–Crippen LogP) is 4.26. The first kappa shape index (κ1) is 25.0. The highest BCUT2D eigenvalue weighted by Gasteiger charge is 2.27. The van der Waals surface area contributed by atoms with E-state index in [0.717, 1.165) is 16.9 Å². The van der Waals surface area contributed by atoms with Gasteiger partial charge in [-0.2, -0.15) is 13.2 Å². The molecule has 0 aliphatic heterocycles. The SMILES string of the molecule is CN=C(NCc1ccc(COCC(F)(F)F)cc1)NCc1ccc(OC)cc1.I. The average Bonchev–Trinajstić information content (AvgIpc) is 2.68. The summed E-state index contributed by atoms with van der Waals surface area (Å²) >= 11 is 0. The van der Waals surface area contributed by atoms with E-state index in [2.05, 4.69) is 20.4 Å². The molecule has 2 N–H and O–H groups in total. The molecule has 0 radical (unpaired) electrons. The van der Waals surface area contributed by atoms with Gasteiger partial charge in [0.25, 0.3) is 0 Å². The molecule has 0 saturated heterocycles. The topological polar surface area (TPSA) is 54.9 Å². The van der Waals surface area contributed by atoms with Crippen molar-refractivity contribution >= 4 is 29.9 Å². The minimum atomic E-state index is -4.31. The molecule has 0 unspecified atom stereocenters. The summed E-state index contributed by atoms with van der Waals surface area (Å²) < 4.78 is 46.0. The van der Waals surface area contributed by atoms with Crippen LogP contribution in [0.1, 0.15) is 16.7 Å². The fourth-order valence-corrected chi connectivity index (χ4v) is 2.37. The first-order valence-corrected chi connectivity index (χ1v) is 8.69. The van der Waals surface area contributed by atoms with Gasteiger partial charge in [0.1, 0.15) is 12.4 Å². The third kappa shape index (κ3) is 9.84. The Morgan fingerprint density at radius 2 is 1.38 bits per heavy atom. The summed E-state index contributed by atoms with van der Waals surface area (Å²) in [5, 5.41) is 6.41. The quantitative estimate of drug-likeness (QED) is 0.309. The fraction of sp³-hybridized carbons (Fsp3) is 0.350. The lowest BCUT2D eigenvalue weighted by Crippen LogP contribution is -2.36. The maximum atomic E-state index is 12.1. The number of hydrogen-bond donors (Lipinski definition) is 2. The third-order valence-corrected chi connectivity index (χ3v) is 3.86. The van der Waals surface area contributed by atoms with Crippen molar-refractivity contribution in [2.75, 3.05) is 20.8 Å². The Hall–Kier alpha value is -2.01. The summed E-state index contributed by atoms with van der Waals surface area (Å²) in [6.45, 7) is -0.171. The molecular formula is C20H25F3IN3O2. The van der Waals surface area contributed by atoms with E-state index in [-0.39, 0.29) is 30.6 Å². The zero-order chi connectivity index (χ0) is 20.4. The van der Waals surface area contributed by atoms with E-state index in [1.165, 1.54) is 0 Å². The molecule has 0 atom stereocenters. The Morgan fingerprint density at radius 3 is 1.83 bits per heavy atom. The maximum absolute atomic E-state index is 12.1. The molecule has 160 valence electrons. The Kier molecular flexibility index (Phi) is 10.8. The average molecular weight is 523 g/mol. The van der Waals surface area contributed by atoms with Crippen LogP contribution in [-0.4, -0.2) is 32.9 Å². The van der Waals surface area contributed by atoms with Crippen molar-refractivity contribution in [2.45, 2.75) is 25.9 Å². The highest BCUT2D eigenvalue weighted by molar-refractivity contribution is 14.0. The molecule has 9 heteroatoms. The number of nitrogens with one attached hydrogen (secondary N) is 2. The number of methoxy groups -OCH3 is 1.